The number of hydrogen-bond donors (Lipinski definition) is 1. The number of hydrogen-bond acceptors (Lipinski definition) is 3. The van der Waals surface area contributed by atoms with E-state index in [0.29, 0.717) is 18.4 Å². The average molecular weight is 315 g/mol. The van der Waals surface area contributed by atoms with Crippen LogP contribution in [-0.4, -0.2) is 48.0 Å². The van der Waals surface area contributed by atoms with E-state index in [1.807, 2.05) is 12.1 Å². The third kappa shape index (κ3) is 1.66. The molecule has 1 fully saturated rings. The van der Waals surface area contributed by atoms with Crippen LogP contribution in [0.2, 0.25) is 0 Å². The van der Waals surface area contributed by atoms with E-state index in [0.717, 1.165) is 31.7 Å². The van der Waals surface area contributed by atoms with Crippen LogP contribution in [0.4, 0.5) is 4.39 Å². The smallest absolute Gasteiger partial charge is 0.138 e. The Morgan fingerprint density at radius 3 is 3.13 bits per heavy atom. The second-order valence-electron chi connectivity index (χ2n) is 7.37. The van der Waals surface area contributed by atoms with Crippen molar-refractivity contribution in [3.05, 3.63) is 41.5 Å². The second-order valence-corrected chi connectivity index (χ2v) is 7.37. The molecule has 122 valence electrons. The first-order valence-corrected chi connectivity index (χ1v) is 8.71. The van der Waals surface area contributed by atoms with Gasteiger partial charge in [0.15, 0.2) is 0 Å². The SMILES string of the molecule is O[C@H]1C=C[C@H]2C3Cc4cccc5c4[C@@]2(CCN3CCCF)[C@H]1O5. The maximum atomic E-state index is 12.7. The quantitative estimate of drug-likeness (QED) is 0.868. The van der Waals surface area contributed by atoms with E-state index in [1.165, 1.54) is 11.1 Å². The van der Waals surface area contributed by atoms with Gasteiger partial charge in [-0.25, -0.2) is 0 Å². The summed E-state index contributed by atoms with van der Waals surface area (Å²) in [4.78, 5) is 2.46. The fourth-order valence-electron chi connectivity index (χ4n) is 5.64. The predicted molar refractivity (Wildman–Crippen MR) is 85.4 cm³/mol. The zero-order valence-corrected chi connectivity index (χ0v) is 13.1. The summed E-state index contributed by atoms with van der Waals surface area (Å²) in [5, 5.41) is 10.5. The number of aliphatic hydroxyl groups excluding tert-OH is 1. The molecule has 0 aromatic heterocycles. The molecule has 0 amide bonds. The Hall–Kier alpha value is -1.39. The van der Waals surface area contributed by atoms with Crippen molar-refractivity contribution in [2.24, 2.45) is 5.92 Å². The Morgan fingerprint density at radius 2 is 2.26 bits per heavy atom. The highest BCUT2D eigenvalue weighted by molar-refractivity contribution is 5.56. The van der Waals surface area contributed by atoms with Crippen LogP contribution >= 0.6 is 0 Å². The summed E-state index contributed by atoms with van der Waals surface area (Å²) in [6.07, 6.45) is 6.00. The van der Waals surface area contributed by atoms with E-state index in [1.54, 1.807) is 0 Å². The molecule has 2 bridgehead atoms. The molecule has 5 rings (SSSR count). The van der Waals surface area contributed by atoms with Gasteiger partial charge in [0, 0.05) is 29.5 Å². The number of nitrogens with zero attached hydrogens (tertiary/aromatic N) is 1. The minimum Gasteiger partial charge on any atom is -0.486 e. The van der Waals surface area contributed by atoms with Gasteiger partial charge < -0.3 is 9.84 Å². The van der Waals surface area contributed by atoms with Crippen molar-refractivity contribution in [1.29, 1.82) is 0 Å². The number of piperidine rings is 1. The van der Waals surface area contributed by atoms with Crippen molar-refractivity contribution in [3.8, 4) is 5.75 Å². The Bertz CT molecular complexity index is 675. The largest absolute Gasteiger partial charge is 0.486 e. The Morgan fingerprint density at radius 1 is 1.35 bits per heavy atom. The highest BCUT2D eigenvalue weighted by Crippen LogP contribution is 2.60. The minimum atomic E-state index is -0.539. The first-order chi connectivity index (χ1) is 11.3. The predicted octanol–water partition coefficient (Wildman–Crippen LogP) is 2.22. The zero-order valence-electron chi connectivity index (χ0n) is 13.1. The van der Waals surface area contributed by atoms with Crippen LogP contribution in [-0.2, 0) is 11.8 Å². The molecule has 1 aromatic carbocycles. The van der Waals surface area contributed by atoms with Crippen molar-refractivity contribution in [2.45, 2.75) is 42.9 Å². The highest BCUT2D eigenvalue weighted by atomic mass is 19.1. The fourth-order valence-corrected chi connectivity index (χ4v) is 5.64. The zero-order chi connectivity index (χ0) is 15.6. The molecular formula is C19H22FNO2. The maximum Gasteiger partial charge on any atom is 0.138 e. The molecular weight excluding hydrogens is 293 g/mol. The molecule has 2 aliphatic heterocycles. The van der Waals surface area contributed by atoms with Gasteiger partial charge in [-0.1, -0.05) is 24.3 Å². The van der Waals surface area contributed by atoms with Gasteiger partial charge in [0.25, 0.3) is 0 Å². The fraction of sp³-hybridized carbons (Fsp3) is 0.579. The minimum absolute atomic E-state index is 0.0881. The lowest BCUT2D eigenvalue weighted by molar-refractivity contribution is -0.0517. The van der Waals surface area contributed by atoms with Crippen LogP contribution in [0, 0.1) is 5.92 Å². The normalized spacial score (nSPS) is 39.9. The van der Waals surface area contributed by atoms with Crippen LogP contribution in [0.1, 0.15) is 24.0 Å². The number of alkyl halides is 1. The van der Waals surface area contributed by atoms with E-state index in [-0.39, 0.29) is 18.2 Å². The Kier molecular flexibility index (Phi) is 2.92. The highest BCUT2D eigenvalue weighted by Gasteiger charge is 2.63. The van der Waals surface area contributed by atoms with Crippen molar-refractivity contribution < 1.29 is 14.2 Å². The van der Waals surface area contributed by atoms with Gasteiger partial charge in [0.05, 0.1) is 6.67 Å². The monoisotopic (exact) mass is 315 g/mol. The number of halogens is 1. The Balaban J connectivity index is 1.66. The Labute approximate surface area is 135 Å². The molecule has 1 spiro atoms. The van der Waals surface area contributed by atoms with E-state index in [2.05, 4.69) is 23.1 Å². The summed E-state index contributed by atoms with van der Waals surface area (Å²) >= 11 is 0. The molecule has 3 nitrogen and oxygen atoms in total. The van der Waals surface area contributed by atoms with Crippen LogP contribution in [0.5, 0.6) is 5.75 Å². The van der Waals surface area contributed by atoms with Crippen molar-refractivity contribution in [3.63, 3.8) is 0 Å². The van der Waals surface area contributed by atoms with E-state index >= 15 is 0 Å². The molecule has 1 unspecified atom stereocenters. The molecule has 1 N–H and O–H groups in total. The number of benzene rings is 1. The lowest BCUT2D eigenvalue weighted by Gasteiger charge is -2.57. The van der Waals surface area contributed by atoms with Gasteiger partial charge >= 0.3 is 0 Å². The lowest BCUT2D eigenvalue weighted by Crippen LogP contribution is -2.65. The summed E-state index contributed by atoms with van der Waals surface area (Å²) in [6, 6.07) is 6.71. The maximum absolute atomic E-state index is 12.7. The standard InChI is InChI=1S/C19H22FNO2/c20-8-2-9-21-10-7-19-13-5-6-15(22)18(19)23-16-4-1-3-12(17(16)19)11-14(13)21/h1,3-6,13-15,18,22H,2,7-11H2/t13-,14?,15-,18-,19-/m0/s1. The lowest BCUT2D eigenvalue weighted by atomic mass is 9.53. The molecule has 5 atom stereocenters. The van der Waals surface area contributed by atoms with Gasteiger partial charge in [0.2, 0.25) is 0 Å². The molecule has 2 heterocycles. The number of rotatable bonds is 3. The van der Waals surface area contributed by atoms with Crippen molar-refractivity contribution in [2.75, 3.05) is 19.8 Å². The third-order valence-corrected chi connectivity index (χ3v) is 6.46. The summed E-state index contributed by atoms with van der Waals surface area (Å²) in [6.45, 7) is 1.54. The van der Waals surface area contributed by atoms with Gasteiger partial charge in [-0.2, -0.15) is 0 Å². The first-order valence-electron chi connectivity index (χ1n) is 8.71. The number of ether oxygens (including phenoxy) is 1. The van der Waals surface area contributed by atoms with Gasteiger partial charge in [-0.15, -0.1) is 0 Å². The average Bonchev–Trinajstić information content (AvgIpc) is 2.90. The summed E-state index contributed by atoms with van der Waals surface area (Å²) in [5.41, 5.74) is 2.62. The molecule has 23 heavy (non-hydrogen) atoms. The van der Waals surface area contributed by atoms with Crippen LogP contribution in [0.25, 0.3) is 0 Å². The first kappa shape index (κ1) is 14.0. The van der Waals surface area contributed by atoms with Crippen LogP contribution in [0.3, 0.4) is 0 Å². The van der Waals surface area contributed by atoms with E-state index in [4.69, 9.17) is 4.74 Å². The molecule has 4 heteroatoms. The molecule has 0 saturated carbocycles. The van der Waals surface area contributed by atoms with Crippen molar-refractivity contribution >= 4 is 0 Å². The second kappa shape index (κ2) is 4.81. The van der Waals surface area contributed by atoms with E-state index in [9.17, 15) is 9.50 Å². The van der Waals surface area contributed by atoms with Crippen molar-refractivity contribution in [1.82, 2.24) is 4.90 Å². The van der Waals surface area contributed by atoms with Gasteiger partial charge in [-0.3, -0.25) is 9.29 Å². The van der Waals surface area contributed by atoms with Crippen LogP contribution in [0.15, 0.2) is 30.4 Å². The molecule has 1 saturated heterocycles. The van der Waals surface area contributed by atoms with Gasteiger partial charge in [0.1, 0.15) is 18.0 Å². The van der Waals surface area contributed by atoms with Gasteiger partial charge in [-0.05, 0) is 37.4 Å². The third-order valence-electron chi connectivity index (χ3n) is 6.46. The summed E-state index contributed by atoms with van der Waals surface area (Å²) < 4.78 is 18.9. The molecule has 2 aliphatic carbocycles. The molecule has 4 aliphatic rings. The van der Waals surface area contributed by atoms with E-state index < -0.39 is 6.10 Å². The summed E-state index contributed by atoms with van der Waals surface area (Å²) in [7, 11) is 0. The number of aliphatic hydroxyl groups is 1. The number of likely N-dealkylation sites (tertiary alicyclic amines) is 1. The molecule has 0 radical (unpaired) electrons. The topological polar surface area (TPSA) is 32.7 Å². The summed E-state index contributed by atoms with van der Waals surface area (Å²) in [5.74, 6) is 1.33. The van der Waals surface area contributed by atoms with Crippen LogP contribution < -0.4 is 4.74 Å². The molecule has 1 aromatic rings.